The average molecular weight is 186 g/mol. The standard InChI is InChI=1S/C11H22O2/c1-2-3-4-5-6-10-7-8-13-11(10)9-12/h10-12H,2-9H2,1H3. The van der Waals surface area contributed by atoms with Gasteiger partial charge in [0, 0.05) is 6.61 Å². The zero-order chi connectivity index (χ0) is 9.52. The second kappa shape index (κ2) is 6.39. The lowest BCUT2D eigenvalue weighted by molar-refractivity contribution is 0.0377. The Morgan fingerprint density at radius 1 is 1.31 bits per heavy atom. The molecule has 2 nitrogen and oxygen atoms in total. The van der Waals surface area contributed by atoms with Crippen LogP contribution in [0.25, 0.3) is 0 Å². The molecule has 1 rings (SSSR count). The highest BCUT2D eigenvalue weighted by Crippen LogP contribution is 2.25. The van der Waals surface area contributed by atoms with Crippen LogP contribution in [-0.4, -0.2) is 24.4 Å². The first-order chi connectivity index (χ1) is 6.38. The molecule has 1 aliphatic rings. The third kappa shape index (κ3) is 3.65. The van der Waals surface area contributed by atoms with Crippen LogP contribution < -0.4 is 0 Å². The quantitative estimate of drug-likeness (QED) is 0.645. The first-order valence-electron chi connectivity index (χ1n) is 5.61. The van der Waals surface area contributed by atoms with Crippen molar-refractivity contribution in [2.24, 2.45) is 5.92 Å². The number of rotatable bonds is 6. The minimum Gasteiger partial charge on any atom is -0.394 e. The largest absolute Gasteiger partial charge is 0.394 e. The fraction of sp³-hybridized carbons (Fsp3) is 1.00. The molecule has 78 valence electrons. The summed E-state index contributed by atoms with van der Waals surface area (Å²) in [4.78, 5) is 0. The topological polar surface area (TPSA) is 29.5 Å². The van der Waals surface area contributed by atoms with Gasteiger partial charge >= 0.3 is 0 Å². The van der Waals surface area contributed by atoms with Crippen LogP contribution in [0.4, 0.5) is 0 Å². The highest BCUT2D eigenvalue weighted by molar-refractivity contribution is 4.75. The maximum atomic E-state index is 9.01. The van der Waals surface area contributed by atoms with Crippen molar-refractivity contribution in [3.05, 3.63) is 0 Å². The van der Waals surface area contributed by atoms with Crippen molar-refractivity contribution in [3.8, 4) is 0 Å². The smallest absolute Gasteiger partial charge is 0.0834 e. The van der Waals surface area contributed by atoms with E-state index in [-0.39, 0.29) is 12.7 Å². The van der Waals surface area contributed by atoms with Gasteiger partial charge in [0.25, 0.3) is 0 Å². The summed E-state index contributed by atoms with van der Waals surface area (Å²) in [7, 11) is 0. The van der Waals surface area contributed by atoms with Crippen molar-refractivity contribution < 1.29 is 9.84 Å². The molecule has 0 bridgehead atoms. The summed E-state index contributed by atoms with van der Waals surface area (Å²) in [5, 5.41) is 9.01. The number of unbranched alkanes of at least 4 members (excludes halogenated alkanes) is 3. The van der Waals surface area contributed by atoms with Gasteiger partial charge in [-0.05, 0) is 18.8 Å². The van der Waals surface area contributed by atoms with Crippen molar-refractivity contribution in [1.29, 1.82) is 0 Å². The molecule has 1 N–H and O–H groups in total. The summed E-state index contributed by atoms with van der Waals surface area (Å²) >= 11 is 0. The second-order valence-corrected chi connectivity index (χ2v) is 3.99. The van der Waals surface area contributed by atoms with E-state index in [0.29, 0.717) is 5.92 Å². The van der Waals surface area contributed by atoms with E-state index in [1.807, 2.05) is 0 Å². The van der Waals surface area contributed by atoms with Gasteiger partial charge in [-0.3, -0.25) is 0 Å². The van der Waals surface area contributed by atoms with Crippen molar-refractivity contribution in [2.45, 2.75) is 51.6 Å². The number of aliphatic hydroxyl groups excluding tert-OH is 1. The van der Waals surface area contributed by atoms with E-state index < -0.39 is 0 Å². The van der Waals surface area contributed by atoms with E-state index in [0.717, 1.165) is 13.0 Å². The molecule has 1 heterocycles. The molecule has 0 spiro atoms. The van der Waals surface area contributed by atoms with Gasteiger partial charge in [-0.2, -0.15) is 0 Å². The van der Waals surface area contributed by atoms with E-state index in [1.54, 1.807) is 0 Å². The molecule has 0 amide bonds. The summed E-state index contributed by atoms with van der Waals surface area (Å²) in [5.41, 5.74) is 0. The maximum Gasteiger partial charge on any atom is 0.0834 e. The molecule has 2 atom stereocenters. The van der Waals surface area contributed by atoms with Crippen LogP contribution in [0, 0.1) is 5.92 Å². The van der Waals surface area contributed by atoms with Gasteiger partial charge in [0.1, 0.15) is 0 Å². The molecule has 0 aromatic rings. The molecule has 2 unspecified atom stereocenters. The Morgan fingerprint density at radius 3 is 2.85 bits per heavy atom. The second-order valence-electron chi connectivity index (χ2n) is 3.99. The molecule has 13 heavy (non-hydrogen) atoms. The van der Waals surface area contributed by atoms with Crippen molar-refractivity contribution in [3.63, 3.8) is 0 Å². The zero-order valence-electron chi connectivity index (χ0n) is 8.67. The Balaban J connectivity index is 2.06. The lowest BCUT2D eigenvalue weighted by Gasteiger charge is -2.15. The van der Waals surface area contributed by atoms with Gasteiger partial charge in [0.2, 0.25) is 0 Å². The number of hydrogen-bond donors (Lipinski definition) is 1. The van der Waals surface area contributed by atoms with Crippen LogP contribution in [0.15, 0.2) is 0 Å². The van der Waals surface area contributed by atoms with E-state index >= 15 is 0 Å². The van der Waals surface area contributed by atoms with Crippen LogP contribution >= 0.6 is 0 Å². The number of aliphatic hydroxyl groups is 1. The summed E-state index contributed by atoms with van der Waals surface area (Å²) in [5.74, 6) is 0.627. The fourth-order valence-corrected chi connectivity index (χ4v) is 2.06. The normalized spacial score (nSPS) is 28.2. The summed E-state index contributed by atoms with van der Waals surface area (Å²) < 4.78 is 5.42. The molecule has 1 fully saturated rings. The minimum absolute atomic E-state index is 0.140. The lowest BCUT2D eigenvalue weighted by Crippen LogP contribution is -2.20. The first-order valence-corrected chi connectivity index (χ1v) is 5.61. The van der Waals surface area contributed by atoms with Crippen molar-refractivity contribution in [1.82, 2.24) is 0 Å². The summed E-state index contributed by atoms with van der Waals surface area (Å²) in [6, 6.07) is 0. The van der Waals surface area contributed by atoms with Crippen LogP contribution in [-0.2, 0) is 4.74 Å². The molecule has 0 aromatic carbocycles. The van der Waals surface area contributed by atoms with Gasteiger partial charge < -0.3 is 9.84 Å². The summed E-state index contributed by atoms with van der Waals surface area (Å²) in [6.07, 6.45) is 7.82. The SMILES string of the molecule is CCCCCCC1CCOC1CO. The van der Waals surface area contributed by atoms with Crippen molar-refractivity contribution in [2.75, 3.05) is 13.2 Å². The summed E-state index contributed by atoms with van der Waals surface area (Å²) in [6.45, 7) is 3.29. The average Bonchev–Trinajstić information content (AvgIpc) is 2.60. The monoisotopic (exact) mass is 186 g/mol. The lowest BCUT2D eigenvalue weighted by atomic mass is 9.95. The highest BCUT2D eigenvalue weighted by Gasteiger charge is 2.26. The van der Waals surface area contributed by atoms with E-state index in [9.17, 15) is 0 Å². The third-order valence-corrected chi connectivity index (χ3v) is 2.95. The molecule has 1 aliphatic heterocycles. The Bertz CT molecular complexity index is 125. The fourth-order valence-electron chi connectivity index (χ4n) is 2.06. The first kappa shape index (κ1) is 11.0. The van der Waals surface area contributed by atoms with Crippen LogP contribution in [0.1, 0.15) is 45.4 Å². The van der Waals surface area contributed by atoms with E-state index in [4.69, 9.17) is 9.84 Å². The molecule has 0 aliphatic carbocycles. The Labute approximate surface area is 81.3 Å². The molecule has 0 aromatic heterocycles. The van der Waals surface area contributed by atoms with Gasteiger partial charge in [0.15, 0.2) is 0 Å². The van der Waals surface area contributed by atoms with E-state index in [1.165, 1.54) is 32.1 Å². The predicted octanol–water partition coefficient (Wildman–Crippen LogP) is 2.35. The number of hydrogen-bond acceptors (Lipinski definition) is 2. The van der Waals surface area contributed by atoms with Crippen LogP contribution in [0.3, 0.4) is 0 Å². The van der Waals surface area contributed by atoms with Gasteiger partial charge in [0.05, 0.1) is 12.7 Å². The Hall–Kier alpha value is -0.0800. The molecule has 0 saturated carbocycles. The molecule has 1 saturated heterocycles. The molecule has 2 heteroatoms. The molecular weight excluding hydrogens is 164 g/mol. The van der Waals surface area contributed by atoms with Crippen LogP contribution in [0.5, 0.6) is 0 Å². The Morgan fingerprint density at radius 2 is 2.15 bits per heavy atom. The molecule has 0 radical (unpaired) electrons. The van der Waals surface area contributed by atoms with Gasteiger partial charge in [-0.25, -0.2) is 0 Å². The predicted molar refractivity (Wildman–Crippen MR) is 53.7 cm³/mol. The van der Waals surface area contributed by atoms with Crippen molar-refractivity contribution >= 4 is 0 Å². The van der Waals surface area contributed by atoms with E-state index in [2.05, 4.69) is 6.92 Å². The van der Waals surface area contributed by atoms with Crippen LogP contribution in [0.2, 0.25) is 0 Å². The van der Waals surface area contributed by atoms with Gasteiger partial charge in [-0.1, -0.05) is 32.6 Å². The third-order valence-electron chi connectivity index (χ3n) is 2.95. The maximum absolute atomic E-state index is 9.01. The molecular formula is C11H22O2. The number of ether oxygens (including phenoxy) is 1. The Kier molecular flexibility index (Phi) is 5.40. The highest BCUT2D eigenvalue weighted by atomic mass is 16.5. The zero-order valence-corrected chi connectivity index (χ0v) is 8.67. The van der Waals surface area contributed by atoms with Gasteiger partial charge in [-0.15, -0.1) is 0 Å². The minimum atomic E-state index is 0.140.